The molecule has 1 atom stereocenters. The Kier molecular flexibility index (Phi) is 9.44. The standard InChI is InChI=1S/C26H30N6O6S/c1-5-38-19(33)14-29-25(35)22(15-9-11-16(12-10-15)31(2)3)32(17-7-6-8-18(13-17)37-4)26(36)23-20(27)21(24(28)34)30-39-23/h6-13,22H,5,14,27H2,1-4H3,(H2,28,34)(H,29,35)/t22-/m0/s1. The van der Waals surface area contributed by atoms with E-state index in [1.54, 1.807) is 55.5 Å². The zero-order valence-corrected chi connectivity index (χ0v) is 22.8. The molecule has 0 radical (unpaired) electrons. The molecule has 3 aromatic rings. The Morgan fingerprint density at radius 1 is 1.08 bits per heavy atom. The van der Waals surface area contributed by atoms with E-state index in [2.05, 4.69) is 9.69 Å². The van der Waals surface area contributed by atoms with E-state index in [-0.39, 0.29) is 22.9 Å². The van der Waals surface area contributed by atoms with Crippen molar-refractivity contribution in [3.05, 3.63) is 64.7 Å². The molecule has 0 saturated heterocycles. The predicted octanol–water partition coefficient (Wildman–Crippen LogP) is 1.97. The SMILES string of the molecule is CCOC(=O)CNC(=O)[C@H](c1ccc(N(C)C)cc1)N(C(=O)c1snc(C(N)=O)c1N)c1cccc(OC)c1. The van der Waals surface area contributed by atoms with Crippen molar-refractivity contribution >= 4 is 52.3 Å². The van der Waals surface area contributed by atoms with Crippen molar-refractivity contribution in [1.82, 2.24) is 9.69 Å². The van der Waals surface area contributed by atoms with Gasteiger partial charge in [0.1, 0.15) is 23.2 Å². The van der Waals surface area contributed by atoms with Gasteiger partial charge in [-0.05, 0) is 48.3 Å². The van der Waals surface area contributed by atoms with Gasteiger partial charge in [0.2, 0.25) is 5.91 Å². The lowest BCUT2D eigenvalue weighted by Gasteiger charge is -2.31. The number of aromatic nitrogens is 1. The first-order valence-electron chi connectivity index (χ1n) is 11.8. The Morgan fingerprint density at radius 2 is 1.77 bits per heavy atom. The molecule has 0 aliphatic heterocycles. The number of esters is 1. The molecule has 0 spiro atoms. The number of primary amides is 1. The van der Waals surface area contributed by atoms with Crippen LogP contribution in [0.1, 0.15) is 38.7 Å². The largest absolute Gasteiger partial charge is 0.497 e. The van der Waals surface area contributed by atoms with E-state index in [4.69, 9.17) is 20.9 Å². The molecule has 0 aliphatic carbocycles. The van der Waals surface area contributed by atoms with Crippen molar-refractivity contribution in [2.75, 3.05) is 49.9 Å². The highest BCUT2D eigenvalue weighted by molar-refractivity contribution is 7.09. The lowest BCUT2D eigenvalue weighted by atomic mass is 10.0. The third-order valence-corrected chi connectivity index (χ3v) is 6.50. The molecule has 206 valence electrons. The van der Waals surface area contributed by atoms with Crippen LogP contribution >= 0.6 is 11.5 Å². The summed E-state index contributed by atoms with van der Waals surface area (Å²) in [6.07, 6.45) is 0. The third kappa shape index (κ3) is 6.62. The van der Waals surface area contributed by atoms with Crippen molar-refractivity contribution < 1.29 is 28.7 Å². The van der Waals surface area contributed by atoms with Crippen LogP contribution in [-0.2, 0) is 14.3 Å². The molecule has 5 N–H and O–H groups in total. The van der Waals surface area contributed by atoms with E-state index < -0.39 is 36.3 Å². The van der Waals surface area contributed by atoms with Crippen molar-refractivity contribution in [2.45, 2.75) is 13.0 Å². The van der Waals surface area contributed by atoms with E-state index in [1.165, 1.54) is 12.0 Å². The number of nitrogens with one attached hydrogen (secondary N) is 1. The molecule has 13 heteroatoms. The summed E-state index contributed by atoms with van der Waals surface area (Å²) in [6.45, 7) is 1.39. The number of anilines is 3. The van der Waals surface area contributed by atoms with Gasteiger partial charge in [0.15, 0.2) is 5.69 Å². The Labute approximate surface area is 229 Å². The molecule has 0 fully saturated rings. The zero-order valence-electron chi connectivity index (χ0n) is 22.0. The van der Waals surface area contributed by atoms with Crippen LogP contribution in [0.15, 0.2) is 48.5 Å². The monoisotopic (exact) mass is 554 g/mol. The van der Waals surface area contributed by atoms with Crippen LogP contribution in [0, 0.1) is 0 Å². The Bertz CT molecular complexity index is 1360. The van der Waals surface area contributed by atoms with Crippen LogP contribution in [0.5, 0.6) is 5.75 Å². The highest BCUT2D eigenvalue weighted by Crippen LogP contribution is 2.35. The number of hydrogen-bond donors (Lipinski definition) is 3. The average molecular weight is 555 g/mol. The molecule has 0 bridgehead atoms. The number of nitrogens with two attached hydrogens (primary N) is 2. The predicted molar refractivity (Wildman–Crippen MR) is 148 cm³/mol. The molecule has 1 heterocycles. The number of carbonyl (C=O) groups is 4. The zero-order chi connectivity index (χ0) is 28.7. The summed E-state index contributed by atoms with van der Waals surface area (Å²) >= 11 is 0.690. The fourth-order valence-corrected chi connectivity index (χ4v) is 4.47. The molecule has 1 aromatic heterocycles. The molecule has 12 nitrogen and oxygen atoms in total. The first kappa shape index (κ1) is 28.9. The first-order chi connectivity index (χ1) is 18.6. The summed E-state index contributed by atoms with van der Waals surface area (Å²) < 4.78 is 14.2. The Hall–Kier alpha value is -4.65. The number of benzene rings is 2. The maximum absolute atomic E-state index is 14.1. The third-order valence-electron chi connectivity index (χ3n) is 5.65. The summed E-state index contributed by atoms with van der Waals surface area (Å²) in [7, 11) is 5.20. The highest BCUT2D eigenvalue weighted by atomic mass is 32.1. The summed E-state index contributed by atoms with van der Waals surface area (Å²) in [5.41, 5.74) is 12.6. The summed E-state index contributed by atoms with van der Waals surface area (Å²) in [5, 5.41) is 2.56. The average Bonchev–Trinajstić information content (AvgIpc) is 3.31. The van der Waals surface area contributed by atoms with Crippen LogP contribution in [0.2, 0.25) is 0 Å². The summed E-state index contributed by atoms with van der Waals surface area (Å²) in [6, 6.07) is 12.3. The van der Waals surface area contributed by atoms with E-state index in [1.807, 2.05) is 19.0 Å². The van der Waals surface area contributed by atoms with E-state index in [0.29, 0.717) is 28.5 Å². The molecular formula is C26H30N6O6S. The first-order valence-corrected chi connectivity index (χ1v) is 12.6. The maximum Gasteiger partial charge on any atom is 0.325 e. The normalized spacial score (nSPS) is 11.3. The summed E-state index contributed by atoms with van der Waals surface area (Å²) in [4.78, 5) is 54.6. The molecule has 0 aliphatic rings. The van der Waals surface area contributed by atoms with Crippen molar-refractivity contribution in [3.63, 3.8) is 0 Å². The second-order valence-corrected chi connectivity index (χ2v) is 9.20. The van der Waals surface area contributed by atoms with Gasteiger partial charge in [-0.2, -0.15) is 4.37 Å². The number of amides is 3. The number of ether oxygens (including phenoxy) is 2. The Balaban J connectivity index is 2.19. The Morgan fingerprint density at radius 3 is 2.33 bits per heavy atom. The molecule has 0 saturated carbocycles. The minimum absolute atomic E-state index is 0.0836. The van der Waals surface area contributed by atoms with Gasteiger partial charge >= 0.3 is 5.97 Å². The topological polar surface area (TPSA) is 170 Å². The number of methoxy groups -OCH3 is 1. The van der Waals surface area contributed by atoms with Crippen LogP contribution in [0.3, 0.4) is 0 Å². The number of nitrogens with zero attached hydrogens (tertiary/aromatic N) is 3. The van der Waals surface area contributed by atoms with E-state index in [0.717, 1.165) is 5.69 Å². The van der Waals surface area contributed by atoms with Gasteiger partial charge in [-0.25, -0.2) is 0 Å². The molecule has 39 heavy (non-hydrogen) atoms. The van der Waals surface area contributed by atoms with Gasteiger partial charge in [0, 0.05) is 31.5 Å². The molecule has 0 unspecified atom stereocenters. The van der Waals surface area contributed by atoms with Gasteiger partial charge in [0.05, 0.1) is 19.4 Å². The van der Waals surface area contributed by atoms with Crippen LogP contribution in [-0.4, -0.2) is 62.4 Å². The van der Waals surface area contributed by atoms with Crippen LogP contribution in [0.4, 0.5) is 17.1 Å². The number of carbonyl (C=O) groups excluding carboxylic acids is 4. The van der Waals surface area contributed by atoms with Crippen molar-refractivity contribution in [3.8, 4) is 5.75 Å². The highest BCUT2D eigenvalue weighted by Gasteiger charge is 2.36. The fourth-order valence-electron chi connectivity index (χ4n) is 3.72. The van der Waals surface area contributed by atoms with Gasteiger partial charge in [-0.1, -0.05) is 18.2 Å². The van der Waals surface area contributed by atoms with Crippen LogP contribution < -0.4 is 31.3 Å². The van der Waals surface area contributed by atoms with Crippen LogP contribution in [0.25, 0.3) is 0 Å². The lowest BCUT2D eigenvalue weighted by molar-refractivity contribution is -0.143. The minimum atomic E-state index is -1.27. The smallest absolute Gasteiger partial charge is 0.325 e. The van der Waals surface area contributed by atoms with Gasteiger partial charge in [0.25, 0.3) is 11.8 Å². The van der Waals surface area contributed by atoms with Gasteiger partial charge in [-0.15, -0.1) is 0 Å². The number of hydrogen-bond acceptors (Lipinski definition) is 10. The van der Waals surface area contributed by atoms with E-state index in [9.17, 15) is 19.2 Å². The maximum atomic E-state index is 14.1. The van der Waals surface area contributed by atoms with Gasteiger partial charge in [-0.3, -0.25) is 24.1 Å². The quantitative estimate of drug-likeness (QED) is 0.300. The summed E-state index contributed by atoms with van der Waals surface area (Å²) in [5.74, 6) is -2.47. The molecule has 3 amide bonds. The van der Waals surface area contributed by atoms with Gasteiger partial charge < -0.3 is 31.2 Å². The molecular weight excluding hydrogens is 524 g/mol. The molecule has 2 aromatic carbocycles. The second-order valence-electron chi connectivity index (χ2n) is 8.43. The minimum Gasteiger partial charge on any atom is -0.497 e. The number of rotatable bonds is 11. The second kappa shape index (κ2) is 12.7. The number of nitrogen functional groups attached to an aromatic ring is 1. The van der Waals surface area contributed by atoms with Crippen molar-refractivity contribution in [2.24, 2.45) is 5.73 Å². The van der Waals surface area contributed by atoms with Crippen molar-refractivity contribution in [1.29, 1.82) is 0 Å². The fraction of sp³-hybridized carbons (Fsp3) is 0.269. The lowest BCUT2D eigenvalue weighted by Crippen LogP contribution is -2.45. The molecule has 3 rings (SSSR count). The van der Waals surface area contributed by atoms with E-state index >= 15 is 0 Å².